The second kappa shape index (κ2) is 8.56. The Bertz CT molecular complexity index is 1400. The number of nitrogens with zero attached hydrogens (tertiary/aromatic N) is 3. The fraction of sp³-hybridized carbons (Fsp3) is 0.296. The van der Waals surface area contributed by atoms with E-state index in [-0.39, 0.29) is 6.04 Å². The maximum absolute atomic E-state index is 13.5. The Labute approximate surface area is 201 Å². The van der Waals surface area contributed by atoms with Gasteiger partial charge in [0.1, 0.15) is 17.3 Å². The quantitative estimate of drug-likeness (QED) is 0.512. The summed E-state index contributed by atoms with van der Waals surface area (Å²) in [6.07, 6.45) is 0. The molecular formula is C27H29N3O3S. The van der Waals surface area contributed by atoms with Crippen LogP contribution in [-0.4, -0.2) is 49.1 Å². The fourth-order valence-corrected chi connectivity index (χ4v) is 6.54. The zero-order chi connectivity index (χ0) is 24.0. The van der Waals surface area contributed by atoms with E-state index in [1.54, 1.807) is 16.4 Å². The second-order valence-corrected chi connectivity index (χ2v) is 11.0. The largest absolute Gasteiger partial charge is 0.454 e. The molecule has 5 rings (SSSR count). The van der Waals surface area contributed by atoms with Gasteiger partial charge in [0.25, 0.3) is 0 Å². The predicted octanol–water partition coefficient (Wildman–Crippen LogP) is 5.19. The standard InChI is InChI=1S/C27H29N3O3S/c1-18-10-12-24-22(15-18)27(28-23-11-9-19(2)16-25(23)33-24)29-13-14-30(21(4)17-29)34(31,32)26-8-6-5-7-20(26)3/h5-12,15-16,21H,13-14,17H2,1-4H3. The molecule has 2 heterocycles. The first kappa shape index (κ1) is 22.6. The highest BCUT2D eigenvalue weighted by Crippen LogP contribution is 2.39. The summed E-state index contributed by atoms with van der Waals surface area (Å²) in [6, 6.07) is 19.1. The van der Waals surface area contributed by atoms with Gasteiger partial charge in [0, 0.05) is 25.7 Å². The van der Waals surface area contributed by atoms with Crippen LogP contribution >= 0.6 is 0 Å². The molecule has 0 spiro atoms. The van der Waals surface area contributed by atoms with Crippen molar-refractivity contribution in [3.05, 3.63) is 82.9 Å². The molecule has 1 atom stereocenters. The van der Waals surface area contributed by atoms with Gasteiger partial charge in [-0.25, -0.2) is 13.4 Å². The molecule has 3 aromatic carbocycles. The van der Waals surface area contributed by atoms with Crippen LogP contribution in [-0.2, 0) is 10.0 Å². The Morgan fingerprint density at radius 3 is 2.41 bits per heavy atom. The maximum Gasteiger partial charge on any atom is 0.243 e. The first-order valence-corrected chi connectivity index (χ1v) is 13.0. The molecule has 0 saturated carbocycles. The van der Waals surface area contributed by atoms with Crippen LogP contribution in [0, 0.1) is 20.8 Å². The van der Waals surface area contributed by atoms with Gasteiger partial charge in [0.05, 0.1) is 10.5 Å². The lowest BCUT2D eigenvalue weighted by Crippen LogP contribution is -2.55. The van der Waals surface area contributed by atoms with Crippen molar-refractivity contribution in [1.82, 2.24) is 9.21 Å². The summed E-state index contributed by atoms with van der Waals surface area (Å²) in [4.78, 5) is 7.59. The SMILES string of the molecule is Cc1ccc2c(c1)Oc1ccc(C)cc1C(N1CCN(S(=O)(=O)c3ccccc3C)C(C)C1)=N2. The number of sulfonamides is 1. The molecule has 0 bridgehead atoms. The number of rotatable bonds is 2. The summed E-state index contributed by atoms with van der Waals surface area (Å²) in [5.41, 5.74) is 4.69. The normalized spacial score (nSPS) is 18.4. The van der Waals surface area contributed by atoms with E-state index in [2.05, 4.69) is 17.9 Å². The minimum absolute atomic E-state index is 0.212. The smallest absolute Gasteiger partial charge is 0.243 e. The van der Waals surface area contributed by atoms with Crippen LogP contribution in [0.25, 0.3) is 0 Å². The van der Waals surface area contributed by atoms with Crippen LogP contribution in [0.15, 0.2) is 70.6 Å². The fourth-order valence-electron chi connectivity index (χ4n) is 4.70. The number of aliphatic imine (C=N–C) groups is 1. The molecule has 0 radical (unpaired) electrons. The third-order valence-corrected chi connectivity index (χ3v) is 8.66. The van der Waals surface area contributed by atoms with Gasteiger partial charge in [-0.15, -0.1) is 0 Å². The van der Waals surface area contributed by atoms with Crippen molar-refractivity contribution in [3.63, 3.8) is 0 Å². The Morgan fingerprint density at radius 1 is 0.912 bits per heavy atom. The summed E-state index contributed by atoms with van der Waals surface area (Å²) >= 11 is 0. The molecule has 0 aromatic heterocycles. The molecule has 0 N–H and O–H groups in total. The number of benzene rings is 3. The van der Waals surface area contributed by atoms with E-state index in [4.69, 9.17) is 9.73 Å². The molecule has 2 aliphatic heterocycles. The Hall–Kier alpha value is -3.16. The van der Waals surface area contributed by atoms with E-state index < -0.39 is 10.0 Å². The second-order valence-electron chi connectivity index (χ2n) is 9.18. The summed E-state index contributed by atoms with van der Waals surface area (Å²) in [5.74, 6) is 2.31. The Balaban J connectivity index is 1.51. The summed E-state index contributed by atoms with van der Waals surface area (Å²) in [7, 11) is -3.58. The molecule has 6 nitrogen and oxygen atoms in total. The first-order valence-electron chi connectivity index (χ1n) is 11.5. The van der Waals surface area contributed by atoms with Crippen molar-refractivity contribution in [2.75, 3.05) is 19.6 Å². The summed E-state index contributed by atoms with van der Waals surface area (Å²) < 4.78 is 34.8. The zero-order valence-corrected chi connectivity index (χ0v) is 20.8. The van der Waals surface area contributed by atoms with Gasteiger partial charge in [-0.05, 0) is 69.2 Å². The number of amidine groups is 1. The molecule has 0 amide bonds. The predicted molar refractivity (Wildman–Crippen MR) is 135 cm³/mol. The average molecular weight is 476 g/mol. The van der Waals surface area contributed by atoms with Crippen molar-refractivity contribution in [2.45, 2.75) is 38.6 Å². The molecule has 7 heteroatoms. The van der Waals surface area contributed by atoms with Gasteiger partial charge in [-0.1, -0.05) is 35.9 Å². The molecular weight excluding hydrogens is 446 g/mol. The number of hydrogen-bond donors (Lipinski definition) is 0. The number of aryl methyl sites for hydroxylation is 3. The van der Waals surface area contributed by atoms with Gasteiger partial charge < -0.3 is 9.64 Å². The van der Waals surface area contributed by atoms with Crippen LogP contribution in [0.4, 0.5) is 5.69 Å². The lowest BCUT2D eigenvalue weighted by molar-refractivity contribution is 0.205. The topological polar surface area (TPSA) is 62.2 Å². The highest BCUT2D eigenvalue weighted by molar-refractivity contribution is 7.89. The monoisotopic (exact) mass is 475 g/mol. The molecule has 1 saturated heterocycles. The number of piperazine rings is 1. The third-order valence-electron chi connectivity index (χ3n) is 6.48. The van der Waals surface area contributed by atoms with Crippen LogP contribution in [0.5, 0.6) is 11.5 Å². The van der Waals surface area contributed by atoms with Gasteiger partial charge in [-0.3, -0.25) is 0 Å². The van der Waals surface area contributed by atoms with E-state index >= 15 is 0 Å². The van der Waals surface area contributed by atoms with Crippen molar-refractivity contribution in [3.8, 4) is 11.5 Å². The molecule has 1 unspecified atom stereocenters. The number of hydrogen-bond acceptors (Lipinski definition) is 5. The van der Waals surface area contributed by atoms with E-state index in [0.717, 1.165) is 45.3 Å². The van der Waals surface area contributed by atoms with E-state index in [0.29, 0.717) is 24.5 Å². The lowest BCUT2D eigenvalue weighted by atomic mass is 10.1. The van der Waals surface area contributed by atoms with E-state index in [1.165, 1.54) is 0 Å². The molecule has 34 heavy (non-hydrogen) atoms. The van der Waals surface area contributed by atoms with Crippen LogP contribution < -0.4 is 4.74 Å². The summed E-state index contributed by atoms with van der Waals surface area (Å²) in [6.45, 7) is 9.36. The molecule has 176 valence electrons. The van der Waals surface area contributed by atoms with Gasteiger partial charge in [-0.2, -0.15) is 4.31 Å². The minimum atomic E-state index is -3.58. The van der Waals surface area contributed by atoms with Crippen molar-refractivity contribution < 1.29 is 13.2 Å². The Kier molecular flexibility index (Phi) is 5.70. The first-order chi connectivity index (χ1) is 16.2. The van der Waals surface area contributed by atoms with Crippen molar-refractivity contribution in [1.29, 1.82) is 0 Å². The zero-order valence-electron chi connectivity index (χ0n) is 19.9. The average Bonchev–Trinajstić information content (AvgIpc) is 2.95. The van der Waals surface area contributed by atoms with Gasteiger partial charge in [0.15, 0.2) is 5.75 Å². The van der Waals surface area contributed by atoms with Gasteiger partial charge >= 0.3 is 0 Å². The summed E-state index contributed by atoms with van der Waals surface area (Å²) in [5, 5.41) is 0. The number of fused-ring (bicyclic) bond motifs is 2. The third kappa shape index (κ3) is 3.99. The molecule has 1 fully saturated rings. The van der Waals surface area contributed by atoms with Gasteiger partial charge in [0.2, 0.25) is 10.0 Å². The minimum Gasteiger partial charge on any atom is -0.454 e. The van der Waals surface area contributed by atoms with Crippen LogP contribution in [0.2, 0.25) is 0 Å². The van der Waals surface area contributed by atoms with E-state index in [9.17, 15) is 8.42 Å². The molecule has 0 aliphatic carbocycles. The number of ether oxygens (including phenoxy) is 1. The van der Waals surface area contributed by atoms with Crippen LogP contribution in [0.3, 0.4) is 0 Å². The maximum atomic E-state index is 13.5. The highest BCUT2D eigenvalue weighted by Gasteiger charge is 2.36. The lowest BCUT2D eigenvalue weighted by Gasteiger charge is -2.40. The van der Waals surface area contributed by atoms with E-state index in [1.807, 2.05) is 63.2 Å². The molecule has 3 aromatic rings. The van der Waals surface area contributed by atoms with Crippen molar-refractivity contribution >= 4 is 21.5 Å². The Morgan fingerprint density at radius 2 is 1.65 bits per heavy atom. The van der Waals surface area contributed by atoms with Crippen LogP contribution in [0.1, 0.15) is 29.2 Å². The highest BCUT2D eigenvalue weighted by atomic mass is 32.2. The van der Waals surface area contributed by atoms with Crippen molar-refractivity contribution in [2.24, 2.45) is 4.99 Å². The molecule has 2 aliphatic rings.